The molecule has 28 heavy (non-hydrogen) atoms. The maximum Gasteiger partial charge on any atom is 0.241 e. The van der Waals surface area contributed by atoms with Gasteiger partial charge < -0.3 is 5.32 Å². The summed E-state index contributed by atoms with van der Waals surface area (Å²) in [7, 11) is 0. The van der Waals surface area contributed by atoms with Crippen LogP contribution in [-0.4, -0.2) is 37.5 Å². The van der Waals surface area contributed by atoms with Crippen LogP contribution >= 0.6 is 0 Å². The third-order valence-electron chi connectivity index (χ3n) is 5.55. The molecule has 6 nitrogen and oxygen atoms in total. The lowest BCUT2D eigenvalue weighted by atomic mass is 9.81. The van der Waals surface area contributed by atoms with Gasteiger partial charge >= 0.3 is 0 Å². The molecule has 1 aliphatic heterocycles. The van der Waals surface area contributed by atoms with Gasteiger partial charge in [-0.2, -0.15) is 0 Å². The standard InChI is InChI=1S/C21H25FN6.H2/c1-6-21(5)13(2)25-16-8-7-15(26-18(16)21)14-9-10-28-17(14)11-23-19(27-28)24-12-20(3,4)22;/h7-11H,6,12H2,1-5H3,(H,24,27);1H. The van der Waals surface area contributed by atoms with Crippen LogP contribution in [0.3, 0.4) is 0 Å². The lowest BCUT2D eigenvalue weighted by Gasteiger charge is -2.23. The number of aromatic nitrogens is 4. The van der Waals surface area contributed by atoms with Crippen LogP contribution in [0.1, 0.15) is 48.2 Å². The largest absolute Gasteiger partial charge is 0.350 e. The minimum absolute atomic E-state index is 0. The Kier molecular flexibility index (Phi) is 4.21. The lowest BCUT2D eigenvalue weighted by Crippen LogP contribution is -2.27. The van der Waals surface area contributed by atoms with Gasteiger partial charge in [0.25, 0.3) is 0 Å². The number of halogens is 1. The first-order valence-electron chi connectivity index (χ1n) is 9.56. The summed E-state index contributed by atoms with van der Waals surface area (Å²) in [6.45, 7) is 9.60. The molecule has 3 aromatic heterocycles. The number of alkyl halides is 1. The summed E-state index contributed by atoms with van der Waals surface area (Å²) in [4.78, 5) is 14.0. The SMILES string of the molecule is CCC1(C)C(C)=Nc2ccc(-c3ccn4nc(NCC(C)(C)F)ncc34)nc21.[HH]. The second-order valence-corrected chi connectivity index (χ2v) is 8.16. The molecule has 3 aromatic rings. The molecule has 148 valence electrons. The van der Waals surface area contributed by atoms with Crippen LogP contribution in [0.5, 0.6) is 0 Å². The van der Waals surface area contributed by atoms with Crippen molar-refractivity contribution < 1.29 is 5.82 Å². The van der Waals surface area contributed by atoms with Crippen LogP contribution < -0.4 is 5.32 Å². The highest BCUT2D eigenvalue weighted by Crippen LogP contribution is 2.42. The van der Waals surface area contributed by atoms with Crippen LogP contribution in [-0.2, 0) is 5.41 Å². The van der Waals surface area contributed by atoms with Crippen LogP contribution in [0.15, 0.2) is 35.6 Å². The first-order valence-corrected chi connectivity index (χ1v) is 9.56. The molecular weight excluding hydrogens is 355 g/mol. The van der Waals surface area contributed by atoms with E-state index in [0.29, 0.717) is 5.95 Å². The molecule has 0 bridgehead atoms. The molecular formula is C21H27FN6. The predicted octanol–water partition coefficient (Wildman–Crippen LogP) is 4.97. The summed E-state index contributed by atoms with van der Waals surface area (Å²) in [6, 6.07) is 6.00. The zero-order chi connectivity index (χ0) is 20.1. The summed E-state index contributed by atoms with van der Waals surface area (Å²) in [5.41, 5.74) is 4.30. The molecule has 1 N–H and O–H groups in total. The van der Waals surface area contributed by atoms with Crippen LogP contribution in [0, 0.1) is 0 Å². The molecule has 0 saturated carbocycles. The van der Waals surface area contributed by atoms with Gasteiger partial charge in [0.05, 0.1) is 35.3 Å². The minimum atomic E-state index is -1.33. The van der Waals surface area contributed by atoms with Crippen molar-refractivity contribution in [2.24, 2.45) is 4.99 Å². The van der Waals surface area contributed by atoms with E-state index in [1.165, 1.54) is 13.8 Å². The number of hydrogen-bond donors (Lipinski definition) is 1. The lowest BCUT2D eigenvalue weighted by molar-refractivity contribution is 0.234. The molecule has 1 unspecified atom stereocenters. The number of nitrogens with zero attached hydrogens (tertiary/aromatic N) is 5. The Balaban J connectivity index is 0.00000240. The maximum atomic E-state index is 13.7. The molecule has 4 heterocycles. The molecule has 7 heteroatoms. The first kappa shape index (κ1) is 18.5. The van der Waals surface area contributed by atoms with Gasteiger partial charge in [-0.05, 0) is 52.3 Å². The van der Waals surface area contributed by atoms with Crippen molar-refractivity contribution in [3.8, 4) is 11.3 Å². The Morgan fingerprint density at radius 2 is 2.07 bits per heavy atom. The highest BCUT2D eigenvalue weighted by molar-refractivity contribution is 5.99. The zero-order valence-electron chi connectivity index (χ0n) is 16.9. The number of pyridine rings is 1. The van der Waals surface area contributed by atoms with Crippen molar-refractivity contribution in [1.29, 1.82) is 0 Å². The Morgan fingerprint density at radius 1 is 1.29 bits per heavy atom. The van der Waals surface area contributed by atoms with E-state index in [-0.39, 0.29) is 13.4 Å². The van der Waals surface area contributed by atoms with E-state index in [1.807, 2.05) is 24.4 Å². The topological polar surface area (TPSA) is 67.5 Å². The molecule has 0 fully saturated rings. The highest BCUT2D eigenvalue weighted by atomic mass is 19.1. The van der Waals surface area contributed by atoms with Crippen LogP contribution in [0.25, 0.3) is 16.8 Å². The number of fused-ring (bicyclic) bond motifs is 2. The fraction of sp³-hybridized carbons (Fsp3) is 0.429. The van der Waals surface area contributed by atoms with Crippen molar-refractivity contribution in [3.05, 3.63) is 36.3 Å². The van der Waals surface area contributed by atoms with Gasteiger partial charge in [-0.25, -0.2) is 18.9 Å². The summed E-state index contributed by atoms with van der Waals surface area (Å²) in [6.07, 6.45) is 4.56. The van der Waals surface area contributed by atoms with E-state index in [9.17, 15) is 4.39 Å². The predicted molar refractivity (Wildman–Crippen MR) is 112 cm³/mol. The van der Waals surface area contributed by atoms with Gasteiger partial charge in [0.15, 0.2) is 0 Å². The maximum absolute atomic E-state index is 13.7. The van der Waals surface area contributed by atoms with E-state index >= 15 is 0 Å². The molecule has 4 rings (SSSR count). The third kappa shape index (κ3) is 3.04. The average molecular weight is 382 g/mol. The average Bonchev–Trinajstić information content (AvgIpc) is 3.18. The van der Waals surface area contributed by atoms with Gasteiger partial charge in [-0.3, -0.25) is 4.99 Å². The van der Waals surface area contributed by atoms with Gasteiger partial charge in [0.1, 0.15) is 5.67 Å². The number of aliphatic imine (C=N–C) groups is 1. The molecule has 0 aliphatic carbocycles. The quantitative estimate of drug-likeness (QED) is 0.676. The van der Waals surface area contributed by atoms with Gasteiger partial charge in [0.2, 0.25) is 5.95 Å². The summed E-state index contributed by atoms with van der Waals surface area (Å²) >= 11 is 0. The summed E-state index contributed by atoms with van der Waals surface area (Å²) < 4.78 is 15.4. The van der Waals surface area contributed by atoms with Crippen molar-refractivity contribution in [2.45, 2.75) is 52.1 Å². The number of rotatable bonds is 5. The Hall–Kier alpha value is -2.83. The minimum Gasteiger partial charge on any atom is -0.350 e. The molecule has 1 atom stereocenters. The molecule has 0 aromatic carbocycles. The molecule has 0 spiro atoms. The van der Waals surface area contributed by atoms with Crippen LogP contribution in [0.4, 0.5) is 16.0 Å². The summed E-state index contributed by atoms with van der Waals surface area (Å²) in [5, 5.41) is 7.37. The normalized spacial score (nSPS) is 19.0. The third-order valence-corrected chi connectivity index (χ3v) is 5.55. The first-order chi connectivity index (χ1) is 13.2. The van der Waals surface area contributed by atoms with Gasteiger partial charge in [-0.15, -0.1) is 5.10 Å². The Morgan fingerprint density at radius 3 is 2.79 bits per heavy atom. The molecule has 1 aliphatic rings. The van der Waals surface area contributed by atoms with E-state index in [1.54, 1.807) is 10.7 Å². The second-order valence-electron chi connectivity index (χ2n) is 8.16. The number of anilines is 1. The van der Waals surface area contributed by atoms with Crippen molar-refractivity contribution in [3.63, 3.8) is 0 Å². The Labute approximate surface area is 165 Å². The van der Waals surface area contributed by atoms with Gasteiger partial charge in [0, 0.05) is 24.3 Å². The highest BCUT2D eigenvalue weighted by Gasteiger charge is 2.37. The van der Waals surface area contributed by atoms with E-state index in [0.717, 1.165) is 40.3 Å². The van der Waals surface area contributed by atoms with E-state index in [2.05, 4.69) is 36.2 Å². The monoisotopic (exact) mass is 382 g/mol. The van der Waals surface area contributed by atoms with E-state index < -0.39 is 5.67 Å². The number of hydrogen-bond acceptors (Lipinski definition) is 5. The summed E-state index contributed by atoms with van der Waals surface area (Å²) in [5.74, 6) is 0.393. The van der Waals surface area contributed by atoms with Crippen LogP contribution in [0.2, 0.25) is 0 Å². The van der Waals surface area contributed by atoms with Gasteiger partial charge in [-0.1, -0.05) is 6.92 Å². The fourth-order valence-corrected chi connectivity index (χ4v) is 3.48. The smallest absolute Gasteiger partial charge is 0.241 e. The van der Waals surface area contributed by atoms with E-state index in [4.69, 9.17) is 9.98 Å². The number of nitrogens with one attached hydrogen (secondary N) is 1. The molecule has 0 radical (unpaired) electrons. The Bertz CT molecular complexity index is 1080. The second kappa shape index (κ2) is 6.36. The van der Waals surface area contributed by atoms with Crippen molar-refractivity contribution in [1.82, 2.24) is 19.6 Å². The van der Waals surface area contributed by atoms with Crippen molar-refractivity contribution >= 4 is 22.9 Å². The zero-order valence-corrected chi connectivity index (χ0v) is 16.9. The fourth-order valence-electron chi connectivity index (χ4n) is 3.48. The van der Waals surface area contributed by atoms with Crippen molar-refractivity contribution in [2.75, 3.05) is 11.9 Å². The molecule has 0 amide bonds. The molecule has 0 saturated heterocycles.